The van der Waals surface area contributed by atoms with Gasteiger partial charge >= 0.3 is 0 Å². The zero-order chi connectivity index (χ0) is 33.5. The SMILES string of the molecule is Oc1ccc(C(c2ccc(O)cc2)c2ccc(O)cc2)cc1.Oc1ccc(Oc2cccc3c(Oc4ccc(O)cc4)cccc23)cc1. The van der Waals surface area contributed by atoms with E-state index in [0.29, 0.717) is 23.0 Å². The monoisotopic (exact) mass is 636 g/mol. The molecule has 7 rings (SSSR count). The number of hydrogen-bond acceptors (Lipinski definition) is 7. The van der Waals surface area contributed by atoms with E-state index >= 15 is 0 Å². The van der Waals surface area contributed by atoms with Crippen LogP contribution in [0.4, 0.5) is 0 Å². The molecular formula is C41H32O7. The van der Waals surface area contributed by atoms with Gasteiger partial charge in [-0.15, -0.1) is 0 Å². The van der Waals surface area contributed by atoms with E-state index in [1.807, 2.05) is 72.8 Å². The molecule has 0 saturated heterocycles. The molecule has 238 valence electrons. The van der Waals surface area contributed by atoms with Gasteiger partial charge in [-0.25, -0.2) is 0 Å². The van der Waals surface area contributed by atoms with Crippen LogP contribution in [0.3, 0.4) is 0 Å². The third-order valence-corrected chi connectivity index (χ3v) is 7.65. The summed E-state index contributed by atoms with van der Waals surface area (Å²) in [6, 6.07) is 45.9. The Balaban J connectivity index is 0.000000170. The van der Waals surface area contributed by atoms with Crippen LogP contribution in [0.25, 0.3) is 10.8 Å². The molecule has 0 fully saturated rings. The van der Waals surface area contributed by atoms with Crippen molar-refractivity contribution in [2.45, 2.75) is 5.92 Å². The van der Waals surface area contributed by atoms with Gasteiger partial charge in [0.1, 0.15) is 51.7 Å². The average Bonchev–Trinajstić information content (AvgIpc) is 3.10. The van der Waals surface area contributed by atoms with Gasteiger partial charge in [-0.1, -0.05) is 60.7 Å². The smallest absolute Gasteiger partial charge is 0.135 e. The van der Waals surface area contributed by atoms with Crippen LogP contribution >= 0.6 is 0 Å². The molecule has 0 heterocycles. The van der Waals surface area contributed by atoms with Crippen molar-refractivity contribution in [1.82, 2.24) is 0 Å². The molecule has 0 aliphatic heterocycles. The van der Waals surface area contributed by atoms with E-state index in [1.165, 1.54) is 0 Å². The molecule has 7 aromatic carbocycles. The summed E-state index contributed by atoms with van der Waals surface area (Å²) < 4.78 is 11.9. The van der Waals surface area contributed by atoms with Gasteiger partial charge in [0.15, 0.2) is 0 Å². The average molecular weight is 637 g/mol. The van der Waals surface area contributed by atoms with E-state index in [4.69, 9.17) is 9.47 Å². The fourth-order valence-corrected chi connectivity index (χ4v) is 5.29. The lowest BCUT2D eigenvalue weighted by Crippen LogP contribution is -2.03. The third kappa shape index (κ3) is 7.61. The molecule has 0 aliphatic rings. The molecule has 7 aromatic rings. The van der Waals surface area contributed by atoms with E-state index in [-0.39, 0.29) is 34.7 Å². The molecule has 0 unspecified atom stereocenters. The Morgan fingerprint density at radius 3 is 0.875 bits per heavy atom. The van der Waals surface area contributed by atoms with Crippen molar-refractivity contribution in [1.29, 1.82) is 0 Å². The molecule has 0 bridgehead atoms. The molecular weight excluding hydrogens is 604 g/mol. The van der Waals surface area contributed by atoms with Gasteiger partial charge in [0.05, 0.1) is 0 Å². The largest absolute Gasteiger partial charge is 0.508 e. The Morgan fingerprint density at radius 1 is 0.312 bits per heavy atom. The molecule has 0 saturated carbocycles. The van der Waals surface area contributed by atoms with Crippen molar-refractivity contribution in [3.8, 4) is 51.7 Å². The second kappa shape index (κ2) is 14.2. The van der Waals surface area contributed by atoms with Gasteiger partial charge in [-0.05, 0) is 114 Å². The summed E-state index contributed by atoms with van der Waals surface area (Å²) in [7, 11) is 0. The highest BCUT2D eigenvalue weighted by atomic mass is 16.5. The topological polar surface area (TPSA) is 120 Å². The van der Waals surface area contributed by atoms with Gasteiger partial charge in [-0.2, -0.15) is 0 Å². The van der Waals surface area contributed by atoms with Crippen LogP contribution in [0.15, 0.2) is 158 Å². The Kier molecular flexibility index (Phi) is 9.30. The summed E-state index contributed by atoms with van der Waals surface area (Å²) in [6.45, 7) is 0. The van der Waals surface area contributed by atoms with Crippen molar-refractivity contribution in [3.05, 3.63) is 174 Å². The zero-order valence-electron chi connectivity index (χ0n) is 25.6. The quantitative estimate of drug-likeness (QED) is 0.111. The van der Waals surface area contributed by atoms with Crippen LogP contribution in [0.5, 0.6) is 51.7 Å². The molecule has 0 amide bonds. The maximum atomic E-state index is 9.49. The lowest BCUT2D eigenvalue weighted by atomic mass is 9.85. The van der Waals surface area contributed by atoms with Gasteiger partial charge < -0.3 is 35.0 Å². The normalized spacial score (nSPS) is 10.7. The number of benzene rings is 7. The van der Waals surface area contributed by atoms with Gasteiger partial charge in [0, 0.05) is 16.7 Å². The first-order valence-corrected chi connectivity index (χ1v) is 15.1. The predicted molar refractivity (Wildman–Crippen MR) is 186 cm³/mol. The Hall–Kier alpha value is -6.60. The second-order valence-electron chi connectivity index (χ2n) is 11.0. The molecule has 5 N–H and O–H groups in total. The van der Waals surface area contributed by atoms with Gasteiger partial charge in [-0.3, -0.25) is 0 Å². The van der Waals surface area contributed by atoms with Crippen LogP contribution in [0.2, 0.25) is 0 Å². The first kappa shape index (κ1) is 31.4. The van der Waals surface area contributed by atoms with Gasteiger partial charge in [0.25, 0.3) is 0 Å². The number of rotatable bonds is 7. The Bertz CT molecular complexity index is 1890. The molecule has 48 heavy (non-hydrogen) atoms. The predicted octanol–water partition coefficient (Wildman–Crippen LogP) is 9.82. The standard InChI is InChI=1S/C22H16O4.C19H16O3/c23-15-7-11-17(12-8-15)25-21-5-1-3-19-20(21)4-2-6-22(19)26-18-13-9-16(24)10-14-18;20-16-7-1-13(2-8-16)19(14-3-9-17(21)10-4-14)15-5-11-18(22)12-6-15/h1-14,23-24H;1-12,19-22H. The molecule has 7 nitrogen and oxygen atoms in total. The molecule has 0 atom stereocenters. The summed E-state index contributed by atoms with van der Waals surface area (Å²) >= 11 is 0. The Labute approximate surface area is 277 Å². The van der Waals surface area contributed by atoms with Crippen molar-refractivity contribution in [3.63, 3.8) is 0 Å². The van der Waals surface area contributed by atoms with E-state index in [2.05, 4.69) is 0 Å². The number of phenols is 5. The van der Waals surface area contributed by atoms with Crippen molar-refractivity contribution in [2.75, 3.05) is 0 Å². The minimum atomic E-state index is -0.0400. The number of phenolic OH excluding ortho intramolecular Hbond substituents is 5. The molecule has 0 spiro atoms. The fraction of sp³-hybridized carbons (Fsp3) is 0.0244. The second-order valence-corrected chi connectivity index (χ2v) is 11.0. The van der Waals surface area contributed by atoms with E-state index < -0.39 is 0 Å². The van der Waals surface area contributed by atoms with E-state index in [0.717, 1.165) is 27.5 Å². The third-order valence-electron chi connectivity index (χ3n) is 7.65. The summed E-state index contributed by atoms with van der Waals surface area (Å²) in [5.74, 6) is 3.69. The lowest BCUT2D eigenvalue weighted by molar-refractivity contribution is 0.464. The van der Waals surface area contributed by atoms with Crippen LogP contribution in [-0.4, -0.2) is 25.5 Å². The van der Waals surface area contributed by atoms with Crippen molar-refractivity contribution in [2.24, 2.45) is 0 Å². The Morgan fingerprint density at radius 2 is 0.583 bits per heavy atom. The molecule has 0 aliphatic carbocycles. The lowest BCUT2D eigenvalue weighted by Gasteiger charge is -2.19. The maximum Gasteiger partial charge on any atom is 0.135 e. The first-order chi connectivity index (χ1) is 23.3. The zero-order valence-corrected chi connectivity index (χ0v) is 25.6. The maximum absolute atomic E-state index is 9.49. The highest BCUT2D eigenvalue weighted by molar-refractivity contribution is 5.93. The van der Waals surface area contributed by atoms with Gasteiger partial charge in [0.2, 0.25) is 0 Å². The number of fused-ring (bicyclic) bond motifs is 1. The summed E-state index contributed by atoms with van der Waals surface area (Å²) in [6.07, 6.45) is 0. The minimum absolute atomic E-state index is 0.0400. The highest BCUT2D eigenvalue weighted by Gasteiger charge is 2.17. The number of aromatic hydroxyl groups is 5. The number of ether oxygens (including phenoxy) is 2. The van der Waals surface area contributed by atoms with Crippen LogP contribution < -0.4 is 9.47 Å². The van der Waals surface area contributed by atoms with Crippen LogP contribution in [0.1, 0.15) is 22.6 Å². The molecule has 7 heteroatoms. The summed E-state index contributed by atoms with van der Waals surface area (Å²) in [4.78, 5) is 0. The number of hydrogen-bond donors (Lipinski definition) is 5. The molecule has 0 radical (unpaired) electrons. The van der Waals surface area contributed by atoms with Crippen molar-refractivity contribution < 1.29 is 35.0 Å². The summed E-state index contributed by atoms with van der Waals surface area (Å²) in [5, 5.41) is 49.1. The van der Waals surface area contributed by atoms with E-state index in [1.54, 1.807) is 84.9 Å². The van der Waals surface area contributed by atoms with E-state index in [9.17, 15) is 25.5 Å². The minimum Gasteiger partial charge on any atom is -0.508 e. The van der Waals surface area contributed by atoms with Crippen LogP contribution in [-0.2, 0) is 0 Å². The fourth-order valence-electron chi connectivity index (χ4n) is 5.29. The van der Waals surface area contributed by atoms with Crippen LogP contribution in [0, 0.1) is 0 Å². The first-order valence-electron chi connectivity index (χ1n) is 15.1. The van der Waals surface area contributed by atoms with Crippen molar-refractivity contribution >= 4 is 10.8 Å². The highest BCUT2D eigenvalue weighted by Crippen LogP contribution is 2.37. The molecule has 0 aromatic heterocycles. The summed E-state index contributed by atoms with van der Waals surface area (Å²) in [5.41, 5.74) is 3.07.